The van der Waals surface area contributed by atoms with Gasteiger partial charge in [-0.1, -0.05) is 23.3 Å². The highest BCUT2D eigenvalue weighted by molar-refractivity contribution is 6.58. The summed E-state index contributed by atoms with van der Waals surface area (Å²) >= 11 is 20.5. The van der Waals surface area contributed by atoms with Crippen LogP contribution in [0.15, 0.2) is 53.8 Å². The molecule has 10 nitrogen and oxygen atoms in total. The molecule has 0 radical (unpaired) electrons. The van der Waals surface area contributed by atoms with Crippen molar-refractivity contribution in [2.24, 2.45) is 23.7 Å². The second kappa shape index (κ2) is 12.8. The van der Waals surface area contributed by atoms with Crippen LogP contribution in [-0.2, 0) is 31.8 Å². The molecule has 4 heterocycles. The van der Waals surface area contributed by atoms with E-state index in [-0.39, 0.29) is 45.4 Å². The molecule has 0 spiro atoms. The number of aromatic nitrogens is 1. The molecular weight excluding hydrogens is 843 g/mol. The summed E-state index contributed by atoms with van der Waals surface area (Å²) in [5.41, 5.74) is -2.90. The predicted molar refractivity (Wildman–Crippen MR) is 182 cm³/mol. The van der Waals surface area contributed by atoms with Crippen LogP contribution in [0.5, 0.6) is 11.5 Å². The quantitative estimate of drug-likeness (QED) is 0.0736. The maximum absolute atomic E-state index is 15.3. The number of hydrogen-bond acceptors (Lipinski definition) is 8. The highest BCUT2D eigenvalue weighted by Gasteiger charge is 2.77. The van der Waals surface area contributed by atoms with Crippen molar-refractivity contribution in [3.8, 4) is 11.5 Å². The van der Waals surface area contributed by atoms with Crippen LogP contribution in [-0.4, -0.2) is 55.5 Å². The number of imide groups is 2. The second-order valence-electron chi connectivity index (χ2n) is 14.0. The number of benzene rings is 2. The van der Waals surface area contributed by atoms with E-state index in [1.807, 2.05) is 0 Å². The fraction of sp³-hybridized carbons (Fsp3) is 0.306. The lowest BCUT2D eigenvalue weighted by molar-refractivity contribution is -0.141. The Morgan fingerprint density at radius 1 is 0.912 bits per heavy atom. The molecule has 1 aromatic heterocycles. The van der Waals surface area contributed by atoms with Gasteiger partial charge in [-0.05, 0) is 54.7 Å². The van der Waals surface area contributed by atoms with Crippen LogP contribution in [0.4, 0.5) is 46.6 Å². The van der Waals surface area contributed by atoms with Crippen LogP contribution >= 0.6 is 34.8 Å². The maximum Gasteiger partial charge on any atom is 0.433 e. The standard InChI is InChI=1S/C36H21Cl3F8N4O6/c1-49(29-18(37)5-7-20(48-29)36(45,46)47)51-30(53)16-4-3-15-17(21(16)31(51)54)10-34(38)32(55)50(28-26(43)24(41)23(40)25(42)27(28)44)33(56)35(34,39)22(15)13-8-12-9-14(52)2-6-19(12)57-11-13/h2-3,5-7,9,11,16-17,21-22,52H,4,8,10H2,1H3/t16-,17+,21-,22-,34+,35-/m0/s1. The molecule has 5 aliphatic rings. The predicted octanol–water partition coefficient (Wildman–Crippen LogP) is 7.12. The van der Waals surface area contributed by atoms with Gasteiger partial charge in [-0.25, -0.2) is 31.8 Å². The Bertz CT molecular complexity index is 2420. The van der Waals surface area contributed by atoms with E-state index in [2.05, 4.69) is 4.98 Å². The number of phenolic OH excluding ortho intramolecular Hbond substituents is 1. The van der Waals surface area contributed by atoms with Crippen molar-refractivity contribution in [2.75, 3.05) is 17.0 Å². The first kappa shape index (κ1) is 38.9. The number of hydrazine groups is 1. The smallest absolute Gasteiger partial charge is 0.433 e. The maximum atomic E-state index is 15.3. The summed E-state index contributed by atoms with van der Waals surface area (Å²) in [5, 5.41) is 11.1. The Morgan fingerprint density at radius 2 is 1.56 bits per heavy atom. The lowest BCUT2D eigenvalue weighted by atomic mass is 9.56. The average Bonchev–Trinajstić information content (AvgIpc) is 3.50. The third-order valence-electron chi connectivity index (χ3n) is 11.1. The van der Waals surface area contributed by atoms with E-state index < -0.39 is 116 Å². The van der Waals surface area contributed by atoms with Gasteiger partial charge in [-0.2, -0.15) is 18.2 Å². The van der Waals surface area contributed by atoms with Crippen molar-refractivity contribution >= 4 is 69.9 Å². The van der Waals surface area contributed by atoms with Crippen molar-refractivity contribution in [1.29, 1.82) is 0 Å². The minimum atomic E-state index is -4.95. The summed E-state index contributed by atoms with van der Waals surface area (Å²) in [6.07, 6.45) is -3.67. The molecule has 21 heteroatoms. The number of halogens is 11. The molecule has 3 aromatic rings. The van der Waals surface area contributed by atoms with E-state index in [4.69, 9.17) is 39.5 Å². The van der Waals surface area contributed by atoms with Crippen molar-refractivity contribution in [3.63, 3.8) is 0 Å². The number of alkyl halides is 5. The van der Waals surface area contributed by atoms with Crippen LogP contribution in [0.2, 0.25) is 5.02 Å². The number of rotatable bonds is 4. The summed E-state index contributed by atoms with van der Waals surface area (Å²) in [6, 6.07) is 5.46. The number of amides is 4. The number of pyridine rings is 1. The lowest BCUT2D eigenvalue weighted by Gasteiger charge is -2.51. The molecule has 3 aliphatic heterocycles. The van der Waals surface area contributed by atoms with Gasteiger partial charge in [0, 0.05) is 24.9 Å². The Labute approximate surface area is 329 Å². The first-order valence-electron chi connectivity index (χ1n) is 16.7. The van der Waals surface area contributed by atoms with E-state index in [0.29, 0.717) is 16.6 Å². The Morgan fingerprint density at radius 3 is 2.21 bits per heavy atom. The van der Waals surface area contributed by atoms with Gasteiger partial charge in [0.15, 0.2) is 38.8 Å². The number of carbonyl (C=O) groups is 4. The number of nitrogens with zero attached hydrogens (tertiary/aromatic N) is 4. The lowest BCUT2D eigenvalue weighted by Crippen LogP contribution is -2.61. The number of anilines is 2. The Hall–Kier alpha value is -4.94. The number of hydrogen-bond donors (Lipinski definition) is 1. The van der Waals surface area contributed by atoms with E-state index >= 15 is 8.78 Å². The van der Waals surface area contributed by atoms with Crippen LogP contribution in [0.25, 0.3) is 0 Å². The Balaban J connectivity index is 1.27. The molecule has 3 fully saturated rings. The van der Waals surface area contributed by atoms with Crippen LogP contribution in [0, 0.1) is 52.8 Å². The summed E-state index contributed by atoms with van der Waals surface area (Å²) in [6.45, 7) is 0. The molecule has 4 amide bonds. The minimum absolute atomic E-state index is 0.0497. The normalized spacial score (nSPS) is 28.1. The molecule has 8 rings (SSSR count). The van der Waals surface area contributed by atoms with E-state index in [1.54, 1.807) is 0 Å². The average molecular weight is 864 g/mol. The van der Waals surface area contributed by atoms with Gasteiger partial charge >= 0.3 is 6.18 Å². The Kier molecular flexibility index (Phi) is 8.72. The van der Waals surface area contributed by atoms with E-state index in [9.17, 15) is 50.6 Å². The zero-order valence-electron chi connectivity index (χ0n) is 28.4. The summed E-state index contributed by atoms with van der Waals surface area (Å²) < 4.78 is 120. The van der Waals surface area contributed by atoms with Crippen LogP contribution < -0.4 is 14.6 Å². The molecule has 2 aliphatic carbocycles. The highest BCUT2D eigenvalue weighted by Crippen LogP contribution is 2.65. The monoisotopic (exact) mass is 862 g/mol. The molecule has 1 saturated carbocycles. The first-order valence-corrected chi connectivity index (χ1v) is 17.8. The summed E-state index contributed by atoms with van der Waals surface area (Å²) in [4.78, 5) is 54.9. The van der Waals surface area contributed by atoms with Crippen LogP contribution in [0.3, 0.4) is 0 Å². The number of fused-ring (bicyclic) bond motifs is 5. The molecule has 2 saturated heterocycles. The summed E-state index contributed by atoms with van der Waals surface area (Å²) in [5.74, 6) is -24.4. The fourth-order valence-electron chi connectivity index (χ4n) is 8.57. The third kappa shape index (κ3) is 5.25. The summed E-state index contributed by atoms with van der Waals surface area (Å²) in [7, 11) is 1.06. The van der Waals surface area contributed by atoms with Gasteiger partial charge in [-0.3, -0.25) is 24.2 Å². The van der Waals surface area contributed by atoms with Gasteiger partial charge < -0.3 is 9.84 Å². The van der Waals surface area contributed by atoms with Crippen molar-refractivity contribution in [2.45, 2.75) is 35.2 Å². The van der Waals surface area contributed by atoms with Crippen LogP contribution in [0.1, 0.15) is 24.1 Å². The second-order valence-corrected chi connectivity index (χ2v) is 15.6. The molecule has 2 aromatic carbocycles. The third-order valence-corrected chi connectivity index (χ3v) is 12.8. The van der Waals surface area contributed by atoms with Crippen molar-refractivity contribution in [1.82, 2.24) is 9.99 Å². The van der Waals surface area contributed by atoms with Gasteiger partial charge in [-0.15, -0.1) is 23.2 Å². The van der Waals surface area contributed by atoms with Gasteiger partial charge in [0.05, 0.1) is 23.1 Å². The van der Waals surface area contributed by atoms with Gasteiger partial charge in [0.2, 0.25) is 5.82 Å². The number of ether oxygens (including phenoxy) is 1. The van der Waals surface area contributed by atoms with E-state index in [0.717, 1.165) is 24.4 Å². The molecule has 298 valence electrons. The topological polar surface area (TPSA) is 120 Å². The SMILES string of the molecule is CN(c1nc(C(F)(F)F)ccc1Cl)N1C(=O)[C@H]2[C@H](CC=C3[C@H](C4=COc5ccc(O)cc5C4)[C@]4(Cl)C(=O)N(c5c(F)c(F)c(F)c(F)c5F)C(=O)[C@]4(Cl)C[C@H]32)C1=O. The van der Waals surface area contributed by atoms with Crippen molar-refractivity contribution < 1.29 is 64.1 Å². The number of allylic oxidation sites excluding steroid dienone is 3. The number of aromatic hydroxyl groups is 1. The zero-order chi connectivity index (χ0) is 41.4. The molecule has 57 heavy (non-hydrogen) atoms. The number of phenols is 1. The highest BCUT2D eigenvalue weighted by atomic mass is 35.5. The van der Waals surface area contributed by atoms with Crippen molar-refractivity contribution in [3.05, 3.63) is 99.2 Å². The van der Waals surface area contributed by atoms with E-state index in [1.165, 1.54) is 24.3 Å². The largest absolute Gasteiger partial charge is 0.508 e. The molecular formula is C36H21Cl3F8N4O6. The van der Waals surface area contributed by atoms with Gasteiger partial charge in [0.25, 0.3) is 23.6 Å². The van der Waals surface area contributed by atoms with Gasteiger partial charge in [0.1, 0.15) is 22.9 Å². The fourth-order valence-corrected chi connectivity index (χ4v) is 9.74. The molecule has 6 atom stereocenters. The number of carbonyl (C=O) groups excluding carboxylic acids is 4. The molecule has 1 N–H and O–H groups in total. The molecule has 0 bridgehead atoms. The molecule has 0 unspecified atom stereocenters. The minimum Gasteiger partial charge on any atom is -0.508 e. The first-order chi connectivity index (χ1) is 26.6. The zero-order valence-corrected chi connectivity index (χ0v) is 30.7.